The standard InChI is InChI=1S/C9H5N5S2/c1-6(8-4-15-13-11-8)2-10-3-7(1)9-5-16-14-12-9/h1-5H. The molecule has 0 atom stereocenters. The lowest BCUT2D eigenvalue weighted by molar-refractivity contribution is 1.14. The Bertz CT molecular complexity index is 526. The molecule has 0 radical (unpaired) electrons. The van der Waals surface area contributed by atoms with Gasteiger partial charge < -0.3 is 0 Å². The van der Waals surface area contributed by atoms with E-state index in [9.17, 15) is 0 Å². The number of hydrogen-bond acceptors (Lipinski definition) is 7. The van der Waals surface area contributed by atoms with Crippen molar-refractivity contribution >= 4 is 23.1 Å². The lowest BCUT2D eigenvalue weighted by atomic mass is 10.1. The van der Waals surface area contributed by atoms with Gasteiger partial charge in [-0.25, -0.2) is 0 Å². The van der Waals surface area contributed by atoms with Gasteiger partial charge in [0.05, 0.1) is 0 Å². The van der Waals surface area contributed by atoms with Crippen LogP contribution in [-0.4, -0.2) is 24.2 Å². The van der Waals surface area contributed by atoms with Gasteiger partial charge in [-0.2, -0.15) is 0 Å². The summed E-state index contributed by atoms with van der Waals surface area (Å²) in [5.41, 5.74) is 3.56. The summed E-state index contributed by atoms with van der Waals surface area (Å²) in [7, 11) is 0. The van der Waals surface area contributed by atoms with E-state index in [1.807, 2.05) is 16.8 Å². The first-order valence-electron chi connectivity index (χ1n) is 4.43. The Labute approximate surface area is 99.1 Å². The monoisotopic (exact) mass is 247 g/mol. The molecular weight excluding hydrogens is 242 g/mol. The largest absolute Gasteiger partial charge is 0.263 e. The second-order valence-electron chi connectivity index (χ2n) is 3.04. The summed E-state index contributed by atoms with van der Waals surface area (Å²) in [5, 5.41) is 11.8. The maximum absolute atomic E-state index is 4.17. The quantitative estimate of drug-likeness (QED) is 0.694. The van der Waals surface area contributed by atoms with Crippen LogP contribution in [0.4, 0.5) is 0 Å². The van der Waals surface area contributed by atoms with Gasteiger partial charge in [0.2, 0.25) is 0 Å². The zero-order valence-corrected chi connectivity index (χ0v) is 9.57. The molecule has 16 heavy (non-hydrogen) atoms. The summed E-state index contributed by atoms with van der Waals surface area (Å²) in [5.74, 6) is 0. The van der Waals surface area contributed by atoms with Gasteiger partial charge in [-0.15, -0.1) is 10.2 Å². The minimum atomic E-state index is 0.836. The molecule has 5 nitrogen and oxygen atoms in total. The van der Waals surface area contributed by atoms with Crippen LogP contribution in [0.1, 0.15) is 0 Å². The first-order chi connectivity index (χ1) is 7.93. The maximum Gasteiger partial charge on any atom is 0.107 e. The summed E-state index contributed by atoms with van der Waals surface area (Å²) < 4.78 is 7.66. The van der Waals surface area contributed by atoms with Crippen LogP contribution in [-0.2, 0) is 0 Å². The lowest BCUT2D eigenvalue weighted by Crippen LogP contribution is -1.84. The molecular formula is C9H5N5S2. The zero-order chi connectivity index (χ0) is 10.8. The number of aromatic nitrogens is 5. The van der Waals surface area contributed by atoms with Crippen molar-refractivity contribution in [3.8, 4) is 22.5 Å². The second-order valence-corrected chi connectivity index (χ2v) is 4.26. The van der Waals surface area contributed by atoms with Crippen LogP contribution in [0.5, 0.6) is 0 Å². The number of hydrogen-bond donors (Lipinski definition) is 0. The van der Waals surface area contributed by atoms with Crippen LogP contribution < -0.4 is 0 Å². The maximum atomic E-state index is 4.17. The molecule has 0 amide bonds. The van der Waals surface area contributed by atoms with Crippen molar-refractivity contribution in [3.63, 3.8) is 0 Å². The molecule has 78 valence electrons. The third kappa shape index (κ3) is 1.70. The van der Waals surface area contributed by atoms with Gasteiger partial charge in [-0.1, -0.05) is 8.98 Å². The van der Waals surface area contributed by atoms with E-state index in [1.165, 1.54) is 23.1 Å². The minimum Gasteiger partial charge on any atom is -0.263 e. The summed E-state index contributed by atoms with van der Waals surface area (Å²) >= 11 is 2.65. The van der Waals surface area contributed by atoms with Crippen LogP contribution in [0, 0.1) is 0 Å². The highest BCUT2D eigenvalue weighted by Gasteiger charge is 2.06. The molecule has 0 aliphatic carbocycles. The van der Waals surface area contributed by atoms with Crippen LogP contribution >= 0.6 is 23.1 Å². The van der Waals surface area contributed by atoms with Crippen LogP contribution in [0.25, 0.3) is 22.5 Å². The lowest BCUT2D eigenvalue weighted by Gasteiger charge is -1.98. The number of pyridine rings is 1. The van der Waals surface area contributed by atoms with E-state index in [-0.39, 0.29) is 0 Å². The Morgan fingerprint density at radius 3 is 1.81 bits per heavy atom. The molecule has 0 spiro atoms. The molecule has 0 aliphatic rings. The SMILES string of the molecule is c1ncc(-c2csnn2)cc1-c1csnn1. The minimum absolute atomic E-state index is 0.836. The average molecular weight is 247 g/mol. The Balaban J connectivity index is 2.07. The Morgan fingerprint density at radius 1 is 0.812 bits per heavy atom. The molecule has 0 N–H and O–H groups in total. The molecule has 3 heterocycles. The Morgan fingerprint density at radius 2 is 1.38 bits per heavy atom. The third-order valence-corrected chi connectivity index (χ3v) is 3.06. The van der Waals surface area contributed by atoms with Gasteiger partial charge in [0.1, 0.15) is 11.4 Å². The molecule has 3 aromatic heterocycles. The molecule has 3 rings (SSSR count). The number of rotatable bonds is 2. The van der Waals surface area contributed by atoms with Crippen LogP contribution in [0.3, 0.4) is 0 Å². The normalized spacial score (nSPS) is 10.5. The smallest absolute Gasteiger partial charge is 0.107 e. The van der Waals surface area contributed by atoms with Crippen molar-refractivity contribution in [2.45, 2.75) is 0 Å². The molecule has 3 aromatic rings. The first-order valence-corrected chi connectivity index (χ1v) is 6.11. The Kier molecular flexibility index (Phi) is 2.39. The molecule has 0 aromatic carbocycles. The van der Waals surface area contributed by atoms with Crippen molar-refractivity contribution in [2.75, 3.05) is 0 Å². The summed E-state index contributed by atoms with van der Waals surface area (Å²) in [6.45, 7) is 0. The van der Waals surface area contributed by atoms with Crippen molar-refractivity contribution < 1.29 is 0 Å². The van der Waals surface area contributed by atoms with E-state index in [2.05, 4.69) is 24.2 Å². The van der Waals surface area contributed by atoms with Gasteiger partial charge >= 0.3 is 0 Å². The topological polar surface area (TPSA) is 64.5 Å². The highest BCUT2D eigenvalue weighted by molar-refractivity contribution is 7.03. The van der Waals surface area contributed by atoms with Gasteiger partial charge in [-0.05, 0) is 29.1 Å². The van der Waals surface area contributed by atoms with Crippen molar-refractivity contribution in [1.29, 1.82) is 0 Å². The van der Waals surface area contributed by atoms with Crippen LogP contribution in [0.15, 0.2) is 29.2 Å². The zero-order valence-electron chi connectivity index (χ0n) is 7.94. The van der Waals surface area contributed by atoms with E-state index in [1.54, 1.807) is 12.4 Å². The van der Waals surface area contributed by atoms with E-state index in [4.69, 9.17) is 0 Å². The van der Waals surface area contributed by atoms with E-state index < -0.39 is 0 Å². The number of nitrogens with zero attached hydrogens (tertiary/aromatic N) is 5. The molecule has 0 unspecified atom stereocenters. The predicted molar refractivity (Wildman–Crippen MR) is 62.0 cm³/mol. The molecule has 0 aliphatic heterocycles. The predicted octanol–water partition coefficient (Wildman–Crippen LogP) is 2.12. The van der Waals surface area contributed by atoms with E-state index in [0.717, 1.165) is 22.5 Å². The fourth-order valence-corrected chi connectivity index (χ4v) is 2.23. The Hall–Kier alpha value is -1.73. The summed E-state index contributed by atoms with van der Waals surface area (Å²) in [6.07, 6.45) is 3.53. The second kappa shape index (κ2) is 4.03. The molecule has 7 heteroatoms. The molecule has 0 bridgehead atoms. The van der Waals surface area contributed by atoms with E-state index in [0.29, 0.717) is 0 Å². The molecule has 0 fully saturated rings. The van der Waals surface area contributed by atoms with Gasteiger partial charge in [0, 0.05) is 34.3 Å². The first kappa shape index (κ1) is 9.49. The molecule has 0 saturated carbocycles. The van der Waals surface area contributed by atoms with Crippen molar-refractivity contribution in [3.05, 3.63) is 29.2 Å². The highest BCUT2D eigenvalue weighted by Crippen LogP contribution is 2.23. The van der Waals surface area contributed by atoms with Gasteiger partial charge in [0.25, 0.3) is 0 Å². The van der Waals surface area contributed by atoms with Gasteiger partial charge in [0.15, 0.2) is 0 Å². The highest BCUT2D eigenvalue weighted by atomic mass is 32.1. The fraction of sp³-hybridized carbons (Fsp3) is 0. The van der Waals surface area contributed by atoms with Crippen molar-refractivity contribution in [2.24, 2.45) is 0 Å². The third-order valence-electron chi connectivity index (χ3n) is 2.05. The summed E-state index contributed by atoms with van der Waals surface area (Å²) in [6, 6.07) is 1.99. The molecule has 0 saturated heterocycles. The summed E-state index contributed by atoms with van der Waals surface area (Å²) in [4.78, 5) is 4.17. The van der Waals surface area contributed by atoms with Gasteiger partial charge in [-0.3, -0.25) is 4.98 Å². The van der Waals surface area contributed by atoms with Crippen LogP contribution in [0.2, 0.25) is 0 Å². The fourth-order valence-electron chi connectivity index (χ4n) is 1.30. The van der Waals surface area contributed by atoms with Crippen molar-refractivity contribution in [1.82, 2.24) is 24.2 Å². The average Bonchev–Trinajstić information content (AvgIpc) is 3.03. The van der Waals surface area contributed by atoms with E-state index >= 15 is 0 Å².